The monoisotopic (exact) mass is 178 g/mol. The second-order valence-corrected chi connectivity index (χ2v) is 3.57. The van der Waals surface area contributed by atoms with Crippen molar-refractivity contribution in [2.24, 2.45) is 0 Å². The molecular weight excluding hydrogens is 164 g/mol. The molecule has 1 aromatic rings. The number of pyridine rings is 1. The van der Waals surface area contributed by atoms with Gasteiger partial charge in [-0.3, -0.25) is 9.88 Å². The number of likely N-dealkylation sites (tertiary alicyclic amines) is 1. The molecule has 0 saturated carbocycles. The maximum Gasteiger partial charge on any atom is 0.0749 e. The molecule has 0 unspecified atom stereocenters. The molecule has 70 valence electrons. The zero-order valence-electron chi connectivity index (χ0n) is 7.72. The molecule has 2 rings (SSSR count). The zero-order chi connectivity index (χ0) is 9.26. The van der Waals surface area contributed by atoms with Crippen molar-refractivity contribution in [1.29, 1.82) is 0 Å². The average Bonchev–Trinajstić information content (AvgIpc) is 2.48. The highest BCUT2D eigenvalue weighted by Crippen LogP contribution is 2.29. The summed E-state index contributed by atoms with van der Waals surface area (Å²) in [4.78, 5) is 6.23. The fourth-order valence-electron chi connectivity index (χ4n) is 1.95. The zero-order valence-corrected chi connectivity index (χ0v) is 7.72. The molecule has 3 heteroatoms. The predicted molar refractivity (Wildman–Crippen MR) is 50.2 cm³/mol. The van der Waals surface area contributed by atoms with Gasteiger partial charge in [0.05, 0.1) is 12.1 Å². The van der Waals surface area contributed by atoms with Crippen LogP contribution in [0, 0.1) is 0 Å². The number of hydrogen-bond donors (Lipinski definition) is 1. The second kappa shape index (κ2) is 3.44. The normalized spacial score (nSPS) is 29.4. The molecule has 2 atom stereocenters. The molecule has 0 aromatic carbocycles. The standard InChI is InChI=1S/C10H14N2O/c1-12-6-4-9(13)10(12)8-3-2-5-11-7-8/h2-3,5,7,9-10,13H,4,6H2,1H3/t9-,10+/m0/s1. The molecule has 0 bridgehead atoms. The molecule has 1 aliphatic heterocycles. The first-order valence-corrected chi connectivity index (χ1v) is 4.57. The lowest BCUT2D eigenvalue weighted by molar-refractivity contribution is 0.127. The molecule has 0 amide bonds. The minimum atomic E-state index is -0.241. The first-order valence-electron chi connectivity index (χ1n) is 4.57. The molecular formula is C10H14N2O. The topological polar surface area (TPSA) is 36.4 Å². The van der Waals surface area contributed by atoms with Crippen molar-refractivity contribution < 1.29 is 5.11 Å². The van der Waals surface area contributed by atoms with Crippen LogP contribution in [-0.2, 0) is 0 Å². The Morgan fingerprint density at radius 3 is 3.00 bits per heavy atom. The van der Waals surface area contributed by atoms with Gasteiger partial charge in [0.2, 0.25) is 0 Å². The van der Waals surface area contributed by atoms with Gasteiger partial charge in [0, 0.05) is 18.9 Å². The summed E-state index contributed by atoms with van der Waals surface area (Å²) < 4.78 is 0. The van der Waals surface area contributed by atoms with Crippen molar-refractivity contribution in [2.75, 3.05) is 13.6 Å². The van der Waals surface area contributed by atoms with Gasteiger partial charge in [0.15, 0.2) is 0 Å². The van der Waals surface area contributed by atoms with Gasteiger partial charge < -0.3 is 5.11 Å². The summed E-state index contributed by atoms with van der Waals surface area (Å²) in [7, 11) is 2.04. The highest BCUT2D eigenvalue weighted by atomic mass is 16.3. The van der Waals surface area contributed by atoms with E-state index in [0.29, 0.717) is 0 Å². The van der Waals surface area contributed by atoms with Crippen molar-refractivity contribution in [3.05, 3.63) is 30.1 Å². The summed E-state index contributed by atoms with van der Waals surface area (Å²) in [6.45, 7) is 0.959. The minimum absolute atomic E-state index is 0.133. The Bertz CT molecular complexity index is 266. The highest BCUT2D eigenvalue weighted by molar-refractivity contribution is 5.17. The van der Waals surface area contributed by atoms with Crippen LogP contribution < -0.4 is 0 Å². The lowest BCUT2D eigenvalue weighted by atomic mass is 10.1. The molecule has 13 heavy (non-hydrogen) atoms. The largest absolute Gasteiger partial charge is 0.391 e. The van der Waals surface area contributed by atoms with Crippen LogP contribution in [0.15, 0.2) is 24.5 Å². The van der Waals surface area contributed by atoms with Crippen LogP contribution in [0.2, 0.25) is 0 Å². The summed E-state index contributed by atoms with van der Waals surface area (Å²) in [5.74, 6) is 0. The summed E-state index contributed by atoms with van der Waals surface area (Å²) in [5.41, 5.74) is 1.11. The van der Waals surface area contributed by atoms with Gasteiger partial charge in [-0.15, -0.1) is 0 Å². The molecule has 1 aromatic heterocycles. The van der Waals surface area contributed by atoms with Gasteiger partial charge in [0.25, 0.3) is 0 Å². The van der Waals surface area contributed by atoms with E-state index in [1.54, 1.807) is 6.20 Å². The first kappa shape index (κ1) is 8.66. The van der Waals surface area contributed by atoms with E-state index in [9.17, 15) is 5.11 Å². The van der Waals surface area contributed by atoms with Crippen LogP contribution in [0.25, 0.3) is 0 Å². The maximum atomic E-state index is 9.74. The summed E-state index contributed by atoms with van der Waals surface area (Å²) >= 11 is 0. The molecule has 1 fully saturated rings. The summed E-state index contributed by atoms with van der Waals surface area (Å²) in [5, 5.41) is 9.74. The van der Waals surface area contributed by atoms with Gasteiger partial charge in [-0.1, -0.05) is 6.07 Å². The Morgan fingerprint density at radius 2 is 2.46 bits per heavy atom. The average molecular weight is 178 g/mol. The fraction of sp³-hybridized carbons (Fsp3) is 0.500. The van der Waals surface area contributed by atoms with E-state index in [-0.39, 0.29) is 12.1 Å². The van der Waals surface area contributed by atoms with Crippen LogP contribution in [0.3, 0.4) is 0 Å². The molecule has 3 nitrogen and oxygen atoms in total. The minimum Gasteiger partial charge on any atom is -0.391 e. The SMILES string of the molecule is CN1CC[C@H](O)[C@H]1c1cccnc1. The molecule has 0 spiro atoms. The number of aromatic nitrogens is 1. The molecule has 2 heterocycles. The van der Waals surface area contributed by atoms with E-state index < -0.39 is 0 Å². The van der Waals surface area contributed by atoms with Crippen LogP contribution in [0.5, 0.6) is 0 Å². The van der Waals surface area contributed by atoms with Crippen LogP contribution in [0.1, 0.15) is 18.0 Å². The fourth-order valence-corrected chi connectivity index (χ4v) is 1.95. The van der Waals surface area contributed by atoms with Crippen molar-refractivity contribution in [1.82, 2.24) is 9.88 Å². The van der Waals surface area contributed by atoms with Gasteiger partial charge in [-0.05, 0) is 25.1 Å². The van der Waals surface area contributed by atoms with E-state index in [1.165, 1.54) is 0 Å². The third-order valence-corrected chi connectivity index (χ3v) is 2.64. The van der Waals surface area contributed by atoms with Crippen LogP contribution in [-0.4, -0.2) is 34.7 Å². The molecule has 1 saturated heterocycles. The van der Waals surface area contributed by atoms with Crippen LogP contribution in [0.4, 0.5) is 0 Å². The Morgan fingerprint density at radius 1 is 1.62 bits per heavy atom. The number of nitrogens with zero attached hydrogens (tertiary/aromatic N) is 2. The lowest BCUT2D eigenvalue weighted by Gasteiger charge is -2.21. The van der Waals surface area contributed by atoms with E-state index in [2.05, 4.69) is 9.88 Å². The lowest BCUT2D eigenvalue weighted by Crippen LogP contribution is -2.23. The van der Waals surface area contributed by atoms with Crippen LogP contribution >= 0.6 is 0 Å². The van der Waals surface area contributed by atoms with Gasteiger partial charge in [-0.25, -0.2) is 0 Å². The number of aliphatic hydroxyl groups excluding tert-OH is 1. The van der Waals surface area contributed by atoms with E-state index >= 15 is 0 Å². The number of likely N-dealkylation sites (N-methyl/N-ethyl adjacent to an activating group) is 1. The van der Waals surface area contributed by atoms with Crippen molar-refractivity contribution in [3.8, 4) is 0 Å². The third-order valence-electron chi connectivity index (χ3n) is 2.64. The van der Waals surface area contributed by atoms with Gasteiger partial charge >= 0.3 is 0 Å². The predicted octanol–water partition coefficient (Wildman–Crippen LogP) is 0.819. The quantitative estimate of drug-likeness (QED) is 0.691. The first-order chi connectivity index (χ1) is 6.29. The Labute approximate surface area is 78.0 Å². The molecule has 0 aliphatic carbocycles. The van der Waals surface area contributed by atoms with Crippen molar-refractivity contribution in [2.45, 2.75) is 18.6 Å². The third kappa shape index (κ3) is 1.57. The van der Waals surface area contributed by atoms with Gasteiger partial charge in [-0.2, -0.15) is 0 Å². The second-order valence-electron chi connectivity index (χ2n) is 3.57. The Balaban J connectivity index is 2.25. The molecule has 1 aliphatic rings. The van der Waals surface area contributed by atoms with E-state index in [0.717, 1.165) is 18.5 Å². The molecule has 1 N–H and O–H groups in total. The number of rotatable bonds is 1. The van der Waals surface area contributed by atoms with E-state index in [4.69, 9.17) is 0 Å². The van der Waals surface area contributed by atoms with Crippen molar-refractivity contribution >= 4 is 0 Å². The highest BCUT2D eigenvalue weighted by Gasteiger charge is 2.31. The Kier molecular flexibility index (Phi) is 2.29. The maximum absolute atomic E-state index is 9.74. The Hall–Kier alpha value is -0.930. The number of hydrogen-bond acceptors (Lipinski definition) is 3. The molecule has 0 radical (unpaired) electrons. The van der Waals surface area contributed by atoms with Gasteiger partial charge in [0.1, 0.15) is 0 Å². The summed E-state index contributed by atoms with van der Waals surface area (Å²) in [6, 6.07) is 4.06. The van der Waals surface area contributed by atoms with Crippen molar-refractivity contribution in [3.63, 3.8) is 0 Å². The van der Waals surface area contributed by atoms with E-state index in [1.807, 2.05) is 25.4 Å². The number of aliphatic hydroxyl groups is 1. The summed E-state index contributed by atoms with van der Waals surface area (Å²) in [6.07, 6.45) is 4.20. The smallest absolute Gasteiger partial charge is 0.0749 e.